The molecule has 0 radical (unpaired) electrons. The molecule has 3 heterocycles. The van der Waals surface area contributed by atoms with Crippen molar-refractivity contribution in [2.75, 3.05) is 0 Å². The second-order valence-corrected chi connectivity index (χ2v) is 13.6. The SMILES string of the molecule is c1ccc(-c2nc(-c3ccc(-c4ccccn4)cc3)cc(-c3ccc(-n4c5ccccc5c5ccc6c(c54)-c4cccc5cccc-6c45)cc3)n2)cc1. The predicted molar refractivity (Wildman–Crippen MR) is 218 cm³/mol. The van der Waals surface area contributed by atoms with E-state index in [0.29, 0.717) is 5.82 Å². The molecule has 7 aromatic carbocycles. The standard InChI is InChI=1S/C49H30N4/c1-2-10-35(11-3-1)49-51-43(32-21-19-31(20-22-32)42-17-6-7-29-50-42)30-44(52-49)33-23-25-36(26-24-33)53-45-18-5-4-14-37(45)40-28-27-39-38-15-8-12-34-13-9-16-41(46(34)38)47(39)48(40)53/h1-30H. The average Bonchev–Trinajstić information content (AvgIpc) is 3.75. The lowest BCUT2D eigenvalue weighted by atomic mass is 10.00. The predicted octanol–water partition coefficient (Wildman–Crippen LogP) is 12.4. The van der Waals surface area contributed by atoms with Gasteiger partial charge in [0, 0.05) is 50.5 Å². The first-order valence-electron chi connectivity index (χ1n) is 17.9. The molecule has 0 amide bonds. The maximum Gasteiger partial charge on any atom is 0.160 e. The Morgan fingerprint density at radius 2 is 1.08 bits per heavy atom. The Morgan fingerprint density at radius 3 is 1.81 bits per heavy atom. The van der Waals surface area contributed by atoms with Gasteiger partial charge in [-0.25, -0.2) is 9.97 Å². The molecular weight excluding hydrogens is 645 g/mol. The third kappa shape index (κ3) is 4.66. The summed E-state index contributed by atoms with van der Waals surface area (Å²) in [6.07, 6.45) is 1.82. The van der Waals surface area contributed by atoms with Gasteiger partial charge in [0.15, 0.2) is 5.82 Å². The van der Waals surface area contributed by atoms with E-state index >= 15 is 0 Å². The summed E-state index contributed by atoms with van der Waals surface area (Å²) in [7, 11) is 0. The quantitative estimate of drug-likeness (QED) is 0.182. The fourth-order valence-corrected chi connectivity index (χ4v) is 8.18. The Bertz CT molecular complexity index is 3010. The second-order valence-electron chi connectivity index (χ2n) is 13.6. The third-order valence-electron chi connectivity index (χ3n) is 10.6. The summed E-state index contributed by atoms with van der Waals surface area (Å²) in [6.45, 7) is 0. The molecule has 10 aromatic rings. The topological polar surface area (TPSA) is 43.6 Å². The smallest absolute Gasteiger partial charge is 0.160 e. The maximum atomic E-state index is 5.12. The minimum Gasteiger partial charge on any atom is -0.309 e. The Kier molecular flexibility index (Phi) is 6.52. The molecule has 0 N–H and O–H groups in total. The number of para-hydroxylation sites is 1. The lowest BCUT2D eigenvalue weighted by molar-refractivity contribution is 1.17. The van der Waals surface area contributed by atoms with Crippen LogP contribution in [0.5, 0.6) is 0 Å². The molecule has 4 heteroatoms. The van der Waals surface area contributed by atoms with Crippen molar-refractivity contribution in [1.82, 2.24) is 19.5 Å². The summed E-state index contributed by atoms with van der Waals surface area (Å²) in [5.74, 6) is 0.697. The highest BCUT2D eigenvalue weighted by Crippen LogP contribution is 2.52. The second kappa shape index (κ2) is 11.7. The van der Waals surface area contributed by atoms with Crippen molar-refractivity contribution < 1.29 is 0 Å². The normalized spacial score (nSPS) is 11.8. The first-order chi connectivity index (χ1) is 26.3. The first kappa shape index (κ1) is 29.5. The monoisotopic (exact) mass is 674 g/mol. The van der Waals surface area contributed by atoms with Gasteiger partial charge in [0.25, 0.3) is 0 Å². The van der Waals surface area contributed by atoms with Gasteiger partial charge in [-0.05, 0) is 63.9 Å². The van der Waals surface area contributed by atoms with Gasteiger partial charge in [-0.1, -0.05) is 140 Å². The van der Waals surface area contributed by atoms with E-state index in [-0.39, 0.29) is 0 Å². The van der Waals surface area contributed by atoms with E-state index in [1.54, 1.807) is 0 Å². The molecule has 53 heavy (non-hydrogen) atoms. The van der Waals surface area contributed by atoms with Crippen LogP contribution in [0.1, 0.15) is 0 Å². The third-order valence-corrected chi connectivity index (χ3v) is 10.6. The van der Waals surface area contributed by atoms with Crippen molar-refractivity contribution >= 4 is 32.6 Å². The lowest BCUT2D eigenvalue weighted by Crippen LogP contribution is -1.97. The van der Waals surface area contributed by atoms with E-state index in [9.17, 15) is 0 Å². The number of fused-ring (bicyclic) bond motifs is 7. The van der Waals surface area contributed by atoms with Crippen molar-refractivity contribution in [3.05, 3.63) is 182 Å². The molecule has 0 saturated carbocycles. The van der Waals surface area contributed by atoms with Gasteiger partial charge in [0.2, 0.25) is 0 Å². The molecule has 1 aliphatic carbocycles. The fourth-order valence-electron chi connectivity index (χ4n) is 8.18. The summed E-state index contributed by atoms with van der Waals surface area (Å²) in [5, 5.41) is 5.12. The van der Waals surface area contributed by atoms with E-state index < -0.39 is 0 Å². The van der Waals surface area contributed by atoms with Gasteiger partial charge in [-0.2, -0.15) is 0 Å². The van der Waals surface area contributed by atoms with Crippen LogP contribution in [0.25, 0.3) is 106 Å². The van der Waals surface area contributed by atoms with Crippen LogP contribution in [0.3, 0.4) is 0 Å². The maximum absolute atomic E-state index is 5.12. The van der Waals surface area contributed by atoms with E-state index in [2.05, 4.69) is 149 Å². The van der Waals surface area contributed by atoms with Crippen LogP contribution < -0.4 is 0 Å². The van der Waals surface area contributed by atoms with Gasteiger partial charge in [0.05, 0.1) is 28.1 Å². The lowest BCUT2D eigenvalue weighted by Gasteiger charge is -2.13. The molecule has 0 saturated heterocycles. The molecule has 11 rings (SSSR count). The van der Waals surface area contributed by atoms with E-state index in [0.717, 1.165) is 45.0 Å². The van der Waals surface area contributed by atoms with Crippen LogP contribution in [0.4, 0.5) is 0 Å². The molecule has 1 aliphatic rings. The van der Waals surface area contributed by atoms with Crippen LogP contribution in [0, 0.1) is 0 Å². The van der Waals surface area contributed by atoms with Gasteiger partial charge < -0.3 is 4.57 Å². The Hall–Kier alpha value is -7.17. The van der Waals surface area contributed by atoms with E-state index in [4.69, 9.17) is 9.97 Å². The molecular formula is C49H30N4. The van der Waals surface area contributed by atoms with Gasteiger partial charge in [0.1, 0.15) is 0 Å². The summed E-state index contributed by atoms with van der Waals surface area (Å²) in [5.41, 5.74) is 15.5. The summed E-state index contributed by atoms with van der Waals surface area (Å²) >= 11 is 0. The van der Waals surface area contributed by atoms with E-state index in [1.165, 1.54) is 54.8 Å². The highest BCUT2D eigenvalue weighted by Gasteiger charge is 2.26. The van der Waals surface area contributed by atoms with Crippen LogP contribution in [-0.2, 0) is 0 Å². The van der Waals surface area contributed by atoms with Gasteiger partial charge in [-0.15, -0.1) is 0 Å². The zero-order valence-electron chi connectivity index (χ0n) is 28.6. The van der Waals surface area contributed by atoms with Crippen molar-refractivity contribution in [2.24, 2.45) is 0 Å². The number of benzene rings is 7. The van der Waals surface area contributed by atoms with Crippen LogP contribution >= 0.6 is 0 Å². The average molecular weight is 675 g/mol. The number of hydrogen-bond donors (Lipinski definition) is 0. The molecule has 0 atom stereocenters. The summed E-state index contributed by atoms with van der Waals surface area (Å²) in [4.78, 5) is 14.7. The highest BCUT2D eigenvalue weighted by atomic mass is 15.0. The van der Waals surface area contributed by atoms with Gasteiger partial charge >= 0.3 is 0 Å². The molecule has 246 valence electrons. The molecule has 0 fully saturated rings. The number of rotatable bonds is 5. The number of pyridine rings is 1. The number of nitrogens with zero attached hydrogens (tertiary/aromatic N) is 4. The van der Waals surface area contributed by atoms with Crippen molar-refractivity contribution in [3.8, 4) is 73.1 Å². The zero-order chi connectivity index (χ0) is 34.9. The largest absolute Gasteiger partial charge is 0.309 e. The minimum atomic E-state index is 0.697. The fraction of sp³-hybridized carbons (Fsp3) is 0. The molecule has 4 nitrogen and oxygen atoms in total. The Labute approximate surface area is 306 Å². The van der Waals surface area contributed by atoms with Crippen LogP contribution in [-0.4, -0.2) is 19.5 Å². The van der Waals surface area contributed by atoms with Crippen molar-refractivity contribution in [1.29, 1.82) is 0 Å². The highest BCUT2D eigenvalue weighted by molar-refractivity contribution is 6.24. The number of hydrogen-bond acceptors (Lipinski definition) is 3. The Morgan fingerprint density at radius 1 is 0.415 bits per heavy atom. The van der Waals surface area contributed by atoms with Crippen molar-refractivity contribution in [2.45, 2.75) is 0 Å². The molecule has 0 bridgehead atoms. The Balaban J connectivity index is 1.06. The molecule has 0 unspecified atom stereocenters. The molecule has 0 spiro atoms. The van der Waals surface area contributed by atoms with Crippen LogP contribution in [0.15, 0.2) is 182 Å². The van der Waals surface area contributed by atoms with E-state index in [1.807, 2.05) is 42.6 Å². The zero-order valence-corrected chi connectivity index (χ0v) is 28.6. The summed E-state index contributed by atoms with van der Waals surface area (Å²) in [6, 6.07) is 62.3. The summed E-state index contributed by atoms with van der Waals surface area (Å²) < 4.78 is 2.45. The molecule has 0 aliphatic heterocycles. The first-order valence-corrected chi connectivity index (χ1v) is 17.9. The van der Waals surface area contributed by atoms with Crippen molar-refractivity contribution in [3.63, 3.8) is 0 Å². The van der Waals surface area contributed by atoms with Crippen LogP contribution in [0.2, 0.25) is 0 Å². The minimum absolute atomic E-state index is 0.697. The number of aromatic nitrogens is 4. The molecule has 3 aromatic heterocycles. The van der Waals surface area contributed by atoms with Gasteiger partial charge in [-0.3, -0.25) is 4.98 Å².